The summed E-state index contributed by atoms with van der Waals surface area (Å²) in [6.07, 6.45) is -1.10. The minimum atomic E-state index is -1.10. The van der Waals surface area contributed by atoms with Crippen LogP contribution in [-0.2, 0) is 0 Å². The standard InChI is InChI=1S/C16H15FO4/c1-9-3-4-12(17)11(5-9)15(18)10-6-13(19-2)16-14(7-10)20-8-21-16/h3-7,15,18H,8H2,1-2H3. The average molecular weight is 290 g/mol. The van der Waals surface area contributed by atoms with Crippen LogP contribution >= 0.6 is 0 Å². The predicted molar refractivity (Wildman–Crippen MR) is 74.3 cm³/mol. The Hall–Kier alpha value is -2.27. The number of hydrogen-bond donors (Lipinski definition) is 1. The zero-order valence-electron chi connectivity index (χ0n) is 11.7. The molecule has 0 spiro atoms. The van der Waals surface area contributed by atoms with Crippen LogP contribution in [0.4, 0.5) is 4.39 Å². The van der Waals surface area contributed by atoms with Crippen LogP contribution in [0.2, 0.25) is 0 Å². The molecule has 0 radical (unpaired) electrons. The first-order valence-electron chi connectivity index (χ1n) is 6.52. The van der Waals surface area contributed by atoms with Gasteiger partial charge in [0.15, 0.2) is 11.5 Å². The summed E-state index contributed by atoms with van der Waals surface area (Å²) in [5.41, 5.74) is 1.58. The molecule has 1 aliphatic rings. The molecule has 0 saturated heterocycles. The summed E-state index contributed by atoms with van der Waals surface area (Å²) in [5.74, 6) is 0.978. The van der Waals surface area contributed by atoms with Crippen LogP contribution < -0.4 is 14.2 Å². The van der Waals surface area contributed by atoms with E-state index < -0.39 is 11.9 Å². The van der Waals surface area contributed by atoms with Crippen LogP contribution in [0.25, 0.3) is 0 Å². The number of ether oxygens (including phenoxy) is 3. The molecule has 21 heavy (non-hydrogen) atoms. The number of aryl methyl sites for hydroxylation is 1. The summed E-state index contributed by atoms with van der Waals surface area (Å²) in [4.78, 5) is 0. The van der Waals surface area contributed by atoms with Gasteiger partial charge in [0.1, 0.15) is 11.9 Å². The Morgan fingerprint density at radius 1 is 1.24 bits per heavy atom. The zero-order valence-corrected chi connectivity index (χ0v) is 11.7. The van der Waals surface area contributed by atoms with Crippen LogP contribution in [0, 0.1) is 12.7 Å². The molecule has 4 nitrogen and oxygen atoms in total. The second kappa shape index (κ2) is 5.26. The molecule has 1 unspecified atom stereocenters. The van der Waals surface area contributed by atoms with Gasteiger partial charge in [0.05, 0.1) is 7.11 Å². The number of aliphatic hydroxyl groups is 1. The van der Waals surface area contributed by atoms with Crippen molar-refractivity contribution >= 4 is 0 Å². The van der Waals surface area contributed by atoms with E-state index in [4.69, 9.17) is 14.2 Å². The fraction of sp³-hybridized carbons (Fsp3) is 0.250. The van der Waals surface area contributed by atoms with Crippen LogP contribution in [0.3, 0.4) is 0 Å². The number of fused-ring (bicyclic) bond motifs is 1. The first kappa shape index (κ1) is 13.7. The zero-order chi connectivity index (χ0) is 15.0. The predicted octanol–water partition coefficient (Wildman–Crippen LogP) is 2.95. The van der Waals surface area contributed by atoms with Crippen molar-refractivity contribution in [2.75, 3.05) is 13.9 Å². The van der Waals surface area contributed by atoms with Gasteiger partial charge < -0.3 is 19.3 Å². The highest BCUT2D eigenvalue weighted by atomic mass is 19.1. The van der Waals surface area contributed by atoms with E-state index in [1.165, 1.54) is 13.2 Å². The number of benzene rings is 2. The molecule has 1 aliphatic heterocycles. The van der Waals surface area contributed by atoms with Gasteiger partial charge in [0.25, 0.3) is 0 Å². The van der Waals surface area contributed by atoms with E-state index in [0.717, 1.165) is 5.56 Å². The molecular weight excluding hydrogens is 275 g/mol. The molecular formula is C16H15FO4. The number of aliphatic hydroxyl groups excluding tert-OH is 1. The monoisotopic (exact) mass is 290 g/mol. The summed E-state index contributed by atoms with van der Waals surface area (Å²) >= 11 is 0. The Morgan fingerprint density at radius 3 is 2.81 bits per heavy atom. The second-order valence-corrected chi connectivity index (χ2v) is 4.88. The fourth-order valence-electron chi connectivity index (χ4n) is 2.36. The van der Waals surface area contributed by atoms with Crippen molar-refractivity contribution in [2.45, 2.75) is 13.0 Å². The summed E-state index contributed by atoms with van der Waals surface area (Å²) in [5, 5.41) is 10.5. The van der Waals surface area contributed by atoms with Crippen molar-refractivity contribution in [2.24, 2.45) is 0 Å². The van der Waals surface area contributed by atoms with Gasteiger partial charge in [-0.25, -0.2) is 4.39 Å². The van der Waals surface area contributed by atoms with Crippen molar-refractivity contribution in [1.82, 2.24) is 0 Å². The molecule has 0 aromatic heterocycles. The van der Waals surface area contributed by atoms with Crippen molar-refractivity contribution in [3.63, 3.8) is 0 Å². The van der Waals surface area contributed by atoms with Crippen LogP contribution in [0.5, 0.6) is 17.2 Å². The smallest absolute Gasteiger partial charge is 0.231 e. The van der Waals surface area contributed by atoms with E-state index in [9.17, 15) is 9.50 Å². The molecule has 1 N–H and O–H groups in total. The van der Waals surface area contributed by atoms with Crippen LogP contribution in [0.1, 0.15) is 22.8 Å². The van der Waals surface area contributed by atoms with Crippen LogP contribution in [-0.4, -0.2) is 19.0 Å². The second-order valence-electron chi connectivity index (χ2n) is 4.88. The van der Waals surface area contributed by atoms with Gasteiger partial charge in [0.2, 0.25) is 12.5 Å². The van der Waals surface area contributed by atoms with E-state index in [2.05, 4.69) is 0 Å². The third-order valence-electron chi connectivity index (χ3n) is 3.44. The molecule has 0 aliphatic carbocycles. The number of methoxy groups -OCH3 is 1. The lowest BCUT2D eigenvalue weighted by molar-refractivity contribution is 0.171. The summed E-state index contributed by atoms with van der Waals surface area (Å²) in [6.45, 7) is 1.94. The quantitative estimate of drug-likeness (QED) is 0.944. The SMILES string of the molecule is COc1cc(C(O)c2cc(C)ccc2F)cc2c1OCO2. The first-order valence-corrected chi connectivity index (χ1v) is 6.52. The molecule has 3 rings (SSSR count). The lowest BCUT2D eigenvalue weighted by Gasteiger charge is -2.15. The summed E-state index contributed by atoms with van der Waals surface area (Å²) < 4.78 is 29.8. The van der Waals surface area contributed by atoms with Gasteiger partial charge in [-0.15, -0.1) is 0 Å². The van der Waals surface area contributed by atoms with Gasteiger partial charge in [-0.1, -0.05) is 17.7 Å². The molecule has 1 heterocycles. The Morgan fingerprint density at radius 2 is 2.05 bits per heavy atom. The molecule has 2 aromatic rings. The number of rotatable bonds is 3. The number of hydrogen-bond acceptors (Lipinski definition) is 4. The lowest BCUT2D eigenvalue weighted by atomic mass is 9.98. The third kappa shape index (κ3) is 2.40. The molecule has 0 bridgehead atoms. The molecule has 0 amide bonds. The van der Waals surface area contributed by atoms with E-state index in [-0.39, 0.29) is 12.4 Å². The maximum absolute atomic E-state index is 13.9. The van der Waals surface area contributed by atoms with Crippen molar-refractivity contribution in [3.8, 4) is 17.2 Å². The van der Waals surface area contributed by atoms with Gasteiger partial charge in [-0.05, 0) is 30.7 Å². The minimum absolute atomic E-state index is 0.101. The lowest BCUT2D eigenvalue weighted by Crippen LogP contribution is -2.03. The van der Waals surface area contributed by atoms with Crippen molar-refractivity contribution in [3.05, 3.63) is 52.8 Å². The van der Waals surface area contributed by atoms with Gasteiger partial charge in [-0.2, -0.15) is 0 Å². The Labute approximate surface area is 121 Å². The van der Waals surface area contributed by atoms with E-state index in [1.807, 2.05) is 6.92 Å². The van der Waals surface area contributed by atoms with E-state index in [0.29, 0.717) is 22.8 Å². The fourth-order valence-corrected chi connectivity index (χ4v) is 2.36. The highest BCUT2D eigenvalue weighted by molar-refractivity contribution is 5.56. The van der Waals surface area contributed by atoms with Crippen LogP contribution in [0.15, 0.2) is 30.3 Å². The minimum Gasteiger partial charge on any atom is -0.493 e. The average Bonchev–Trinajstić information content (AvgIpc) is 2.96. The summed E-state index contributed by atoms with van der Waals surface area (Å²) in [7, 11) is 1.50. The Balaban J connectivity index is 2.06. The highest BCUT2D eigenvalue weighted by Crippen LogP contribution is 2.43. The Kier molecular flexibility index (Phi) is 3.43. The molecule has 5 heteroatoms. The highest BCUT2D eigenvalue weighted by Gasteiger charge is 2.24. The third-order valence-corrected chi connectivity index (χ3v) is 3.44. The molecule has 1 atom stereocenters. The normalized spacial score (nSPS) is 14.1. The molecule has 110 valence electrons. The summed E-state index contributed by atoms with van der Waals surface area (Å²) in [6, 6.07) is 7.89. The maximum atomic E-state index is 13.9. The van der Waals surface area contributed by atoms with Gasteiger partial charge >= 0.3 is 0 Å². The largest absolute Gasteiger partial charge is 0.493 e. The molecule has 0 saturated carbocycles. The van der Waals surface area contributed by atoms with E-state index in [1.54, 1.807) is 24.3 Å². The van der Waals surface area contributed by atoms with E-state index >= 15 is 0 Å². The number of halogens is 1. The molecule has 2 aromatic carbocycles. The maximum Gasteiger partial charge on any atom is 0.231 e. The molecule has 0 fully saturated rings. The van der Waals surface area contributed by atoms with Gasteiger partial charge in [-0.3, -0.25) is 0 Å². The van der Waals surface area contributed by atoms with Crippen molar-refractivity contribution < 1.29 is 23.7 Å². The first-order chi connectivity index (χ1) is 10.1. The Bertz CT molecular complexity index is 684. The van der Waals surface area contributed by atoms with Crippen molar-refractivity contribution in [1.29, 1.82) is 0 Å². The topological polar surface area (TPSA) is 47.9 Å². The van der Waals surface area contributed by atoms with Gasteiger partial charge in [0, 0.05) is 5.56 Å².